The number of hydrogen-bond acceptors (Lipinski definition) is 5. The minimum Gasteiger partial charge on any atom is -0.493 e. The lowest BCUT2D eigenvalue weighted by Gasteiger charge is -2.13. The summed E-state index contributed by atoms with van der Waals surface area (Å²) in [5.74, 6) is 0.979. The Morgan fingerprint density at radius 2 is 1.77 bits per heavy atom. The maximum absolute atomic E-state index is 13.3. The number of fused-ring (bicyclic) bond motifs is 1. The van der Waals surface area contributed by atoms with E-state index in [0.717, 1.165) is 12.1 Å². The number of rotatable bonds is 4. The lowest BCUT2D eigenvalue weighted by atomic mass is 10.1. The number of halogens is 3. The van der Waals surface area contributed by atoms with Crippen molar-refractivity contribution >= 4 is 11.0 Å². The molecule has 0 bridgehead atoms. The van der Waals surface area contributed by atoms with Crippen LogP contribution in [0.3, 0.4) is 0 Å². The average molecular weight is 424 g/mol. The van der Waals surface area contributed by atoms with Gasteiger partial charge in [-0.05, 0) is 36.4 Å². The number of hydrogen-bond donors (Lipinski definition) is 0. The number of nitriles is 1. The highest BCUT2D eigenvalue weighted by atomic mass is 19.4. The van der Waals surface area contributed by atoms with Crippen LogP contribution in [0, 0.1) is 11.3 Å². The van der Waals surface area contributed by atoms with Gasteiger partial charge in [0.05, 0.1) is 36.6 Å². The highest BCUT2D eigenvalue weighted by Gasteiger charge is 2.31. The van der Waals surface area contributed by atoms with Gasteiger partial charge in [-0.1, -0.05) is 6.07 Å². The number of ether oxygens (including phenoxy) is 2. The van der Waals surface area contributed by atoms with Crippen LogP contribution in [0.2, 0.25) is 0 Å². The molecule has 0 saturated heterocycles. The van der Waals surface area contributed by atoms with Gasteiger partial charge in [-0.25, -0.2) is 9.97 Å². The molecular formula is C22H15F3N4O2. The molecule has 4 rings (SSSR count). The first-order chi connectivity index (χ1) is 14.9. The van der Waals surface area contributed by atoms with Crippen LogP contribution in [0.15, 0.2) is 55.0 Å². The molecule has 0 spiro atoms. The van der Waals surface area contributed by atoms with Gasteiger partial charge >= 0.3 is 6.18 Å². The van der Waals surface area contributed by atoms with Crippen molar-refractivity contribution in [2.75, 3.05) is 14.2 Å². The first-order valence-corrected chi connectivity index (χ1v) is 9.03. The molecule has 0 aliphatic heterocycles. The van der Waals surface area contributed by atoms with Crippen molar-refractivity contribution in [1.29, 1.82) is 5.26 Å². The Hall–Kier alpha value is -4.06. The fourth-order valence-electron chi connectivity index (χ4n) is 3.37. The van der Waals surface area contributed by atoms with Crippen molar-refractivity contribution in [3.8, 4) is 34.5 Å². The van der Waals surface area contributed by atoms with E-state index in [9.17, 15) is 18.4 Å². The lowest BCUT2D eigenvalue weighted by Crippen LogP contribution is -2.06. The summed E-state index contributed by atoms with van der Waals surface area (Å²) in [5.41, 5.74) is 1.46. The maximum atomic E-state index is 13.3. The minimum atomic E-state index is -4.50. The fraction of sp³-hybridized carbons (Fsp3) is 0.136. The van der Waals surface area contributed by atoms with Crippen LogP contribution in [-0.4, -0.2) is 28.8 Å². The molecule has 2 aromatic heterocycles. The summed E-state index contributed by atoms with van der Waals surface area (Å²) in [6, 6.07) is 12.1. The van der Waals surface area contributed by atoms with Gasteiger partial charge < -0.3 is 14.0 Å². The van der Waals surface area contributed by atoms with Crippen LogP contribution >= 0.6 is 0 Å². The summed E-state index contributed by atoms with van der Waals surface area (Å²) in [6.07, 6.45) is -1.73. The van der Waals surface area contributed by atoms with Gasteiger partial charge in [-0.3, -0.25) is 0 Å². The molecule has 6 nitrogen and oxygen atoms in total. The van der Waals surface area contributed by atoms with E-state index in [4.69, 9.17) is 9.47 Å². The Morgan fingerprint density at radius 3 is 2.45 bits per heavy atom. The maximum Gasteiger partial charge on any atom is 0.416 e. The predicted molar refractivity (Wildman–Crippen MR) is 107 cm³/mol. The van der Waals surface area contributed by atoms with Crippen molar-refractivity contribution in [3.05, 3.63) is 66.1 Å². The zero-order chi connectivity index (χ0) is 22.2. The van der Waals surface area contributed by atoms with Crippen molar-refractivity contribution in [1.82, 2.24) is 14.5 Å². The molecule has 0 saturated carbocycles. The van der Waals surface area contributed by atoms with E-state index in [0.29, 0.717) is 33.8 Å². The molecule has 0 unspecified atom stereocenters. The molecule has 9 heteroatoms. The second-order valence-corrected chi connectivity index (χ2v) is 6.56. The second-order valence-electron chi connectivity index (χ2n) is 6.56. The zero-order valence-electron chi connectivity index (χ0n) is 16.4. The molecule has 0 amide bonds. The Labute approximate surface area is 175 Å². The molecule has 0 fully saturated rings. The normalized spacial score (nSPS) is 11.4. The third kappa shape index (κ3) is 3.53. The van der Waals surface area contributed by atoms with E-state index >= 15 is 0 Å². The fourth-order valence-corrected chi connectivity index (χ4v) is 3.37. The number of alkyl halides is 3. The average Bonchev–Trinajstić information content (AvgIpc) is 3.17. The number of methoxy groups -OCH3 is 2. The third-order valence-corrected chi connectivity index (χ3v) is 4.81. The Morgan fingerprint density at radius 1 is 1.00 bits per heavy atom. The largest absolute Gasteiger partial charge is 0.493 e. The van der Waals surface area contributed by atoms with E-state index in [1.807, 2.05) is 6.07 Å². The van der Waals surface area contributed by atoms with Crippen molar-refractivity contribution in [3.63, 3.8) is 0 Å². The molecule has 0 atom stereocenters. The van der Waals surface area contributed by atoms with Crippen molar-refractivity contribution < 1.29 is 22.6 Å². The number of benzene rings is 2. The molecule has 0 N–H and O–H groups in total. The molecular weight excluding hydrogens is 409 g/mol. The molecule has 2 aromatic carbocycles. The molecule has 0 aliphatic rings. The molecule has 0 radical (unpaired) electrons. The van der Waals surface area contributed by atoms with Crippen LogP contribution in [0.4, 0.5) is 13.2 Å². The quantitative estimate of drug-likeness (QED) is 0.461. The van der Waals surface area contributed by atoms with Crippen LogP contribution in [-0.2, 0) is 6.18 Å². The Bertz CT molecular complexity index is 1320. The van der Waals surface area contributed by atoms with E-state index in [1.54, 1.807) is 18.2 Å². The second kappa shape index (κ2) is 7.65. The summed E-state index contributed by atoms with van der Waals surface area (Å²) in [6.45, 7) is 0. The Kier molecular flexibility index (Phi) is 4.99. The van der Waals surface area contributed by atoms with Crippen molar-refractivity contribution in [2.45, 2.75) is 6.18 Å². The monoisotopic (exact) mass is 424 g/mol. The number of aromatic nitrogens is 3. The molecule has 31 heavy (non-hydrogen) atoms. The summed E-state index contributed by atoms with van der Waals surface area (Å²) >= 11 is 0. The first-order valence-electron chi connectivity index (χ1n) is 9.03. The van der Waals surface area contributed by atoms with Gasteiger partial charge in [0.1, 0.15) is 17.9 Å². The first kappa shape index (κ1) is 20.2. The zero-order valence-corrected chi connectivity index (χ0v) is 16.4. The van der Waals surface area contributed by atoms with Gasteiger partial charge in [0.15, 0.2) is 11.5 Å². The van der Waals surface area contributed by atoms with Crippen LogP contribution in [0.1, 0.15) is 11.1 Å². The minimum absolute atomic E-state index is 0.219. The SMILES string of the molecule is COc1ccc(-c2ncnc3c(C#N)cn(-c4cccc(C(F)(F)F)c4)c23)cc1OC. The number of nitrogens with zero attached hydrogens (tertiary/aromatic N) is 4. The third-order valence-electron chi connectivity index (χ3n) is 4.81. The van der Waals surface area contributed by atoms with Gasteiger partial charge in [0.25, 0.3) is 0 Å². The standard InChI is InChI=1S/C22H15F3N4O2/c1-30-17-7-6-13(8-18(17)31-2)19-21-20(28-12-27-19)14(10-26)11-29(21)16-5-3-4-15(9-16)22(23,24)25/h3-9,11-12H,1-2H3. The summed E-state index contributed by atoms with van der Waals surface area (Å²) in [7, 11) is 3.01. The van der Waals surface area contributed by atoms with Gasteiger partial charge in [0, 0.05) is 17.4 Å². The smallest absolute Gasteiger partial charge is 0.416 e. The van der Waals surface area contributed by atoms with Gasteiger partial charge in [-0.15, -0.1) is 0 Å². The van der Waals surface area contributed by atoms with E-state index in [2.05, 4.69) is 9.97 Å². The van der Waals surface area contributed by atoms with Crippen LogP contribution in [0.25, 0.3) is 28.0 Å². The molecule has 2 heterocycles. The van der Waals surface area contributed by atoms with Gasteiger partial charge in [0.2, 0.25) is 0 Å². The summed E-state index contributed by atoms with van der Waals surface area (Å²) < 4.78 is 51.9. The lowest BCUT2D eigenvalue weighted by molar-refractivity contribution is -0.137. The topological polar surface area (TPSA) is 73.0 Å². The molecule has 4 aromatic rings. The van der Waals surface area contributed by atoms with E-state index in [-0.39, 0.29) is 11.3 Å². The summed E-state index contributed by atoms with van der Waals surface area (Å²) in [4.78, 5) is 8.55. The van der Waals surface area contributed by atoms with Crippen LogP contribution in [0.5, 0.6) is 11.5 Å². The highest BCUT2D eigenvalue weighted by Crippen LogP contribution is 2.37. The van der Waals surface area contributed by atoms with Crippen molar-refractivity contribution in [2.24, 2.45) is 0 Å². The van der Waals surface area contributed by atoms with Crippen LogP contribution < -0.4 is 9.47 Å². The van der Waals surface area contributed by atoms with E-state index in [1.165, 1.54) is 43.4 Å². The molecule has 0 aliphatic carbocycles. The summed E-state index contributed by atoms with van der Waals surface area (Å²) in [5, 5.41) is 9.55. The van der Waals surface area contributed by atoms with Gasteiger partial charge in [-0.2, -0.15) is 18.4 Å². The predicted octanol–water partition coefficient (Wildman–Crippen LogP) is 5.00. The Balaban J connectivity index is 2.01. The molecule has 156 valence electrons. The van der Waals surface area contributed by atoms with E-state index < -0.39 is 11.7 Å². The highest BCUT2D eigenvalue weighted by molar-refractivity contribution is 5.95.